The van der Waals surface area contributed by atoms with Gasteiger partial charge in [0, 0.05) is 41.5 Å². The molecule has 0 radical (unpaired) electrons. The zero-order chi connectivity index (χ0) is 23.2. The Labute approximate surface area is 198 Å². The van der Waals surface area contributed by atoms with Crippen LogP contribution in [0, 0.1) is 16.0 Å². The number of aryl methyl sites for hydroxylation is 1. The molecule has 6 nitrogen and oxygen atoms in total. The minimum atomic E-state index is -0.368. The predicted octanol–water partition coefficient (Wildman–Crippen LogP) is 6.01. The number of nitro groups is 1. The van der Waals surface area contributed by atoms with Crippen molar-refractivity contribution in [3.05, 3.63) is 111 Å². The van der Waals surface area contributed by atoms with E-state index in [1.54, 1.807) is 12.1 Å². The summed E-state index contributed by atoms with van der Waals surface area (Å²) in [6, 6.07) is 21.1. The third kappa shape index (κ3) is 3.37. The molecule has 0 aromatic heterocycles. The zero-order valence-corrected chi connectivity index (χ0v) is 18.7. The van der Waals surface area contributed by atoms with Gasteiger partial charge >= 0.3 is 0 Å². The fraction of sp³-hybridized carbons (Fsp3) is 0.250. The number of fused-ring (bicyclic) bond motifs is 4. The molecule has 1 amide bonds. The first-order valence-electron chi connectivity index (χ1n) is 11.8. The molecule has 34 heavy (non-hydrogen) atoms. The first-order chi connectivity index (χ1) is 16.6. The van der Waals surface area contributed by atoms with E-state index in [9.17, 15) is 14.9 Å². The Kier molecular flexibility index (Phi) is 4.94. The lowest BCUT2D eigenvalue weighted by molar-refractivity contribution is -0.384. The number of hydrogen-bond acceptors (Lipinski definition) is 4. The SMILES string of the molecule is O=C(c1ccc2c(c1)[C@H]1C=CC[C@H]1[C@H](c1ccc([N+](=O)[O-])cc1)N2)N1CCCc2ccccc21. The maximum Gasteiger partial charge on any atom is 0.269 e. The molecular formula is C28H25N3O3. The number of carbonyl (C=O) groups is 1. The van der Waals surface area contributed by atoms with E-state index in [2.05, 4.69) is 29.6 Å². The monoisotopic (exact) mass is 451 g/mol. The molecule has 0 bridgehead atoms. The molecule has 0 fully saturated rings. The third-order valence-electron chi connectivity index (χ3n) is 7.43. The van der Waals surface area contributed by atoms with Crippen molar-refractivity contribution in [3.8, 4) is 0 Å². The maximum absolute atomic E-state index is 13.5. The number of para-hydroxylation sites is 1. The zero-order valence-electron chi connectivity index (χ0n) is 18.7. The Balaban J connectivity index is 1.32. The van der Waals surface area contributed by atoms with Crippen LogP contribution < -0.4 is 10.2 Å². The van der Waals surface area contributed by atoms with E-state index in [1.165, 1.54) is 5.56 Å². The van der Waals surface area contributed by atoms with Crippen LogP contribution in [0.1, 0.15) is 51.8 Å². The lowest BCUT2D eigenvalue weighted by atomic mass is 9.76. The molecule has 6 rings (SSSR count). The Bertz CT molecular complexity index is 1310. The first kappa shape index (κ1) is 20.7. The van der Waals surface area contributed by atoms with Gasteiger partial charge in [-0.05, 0) is 66.1 Å². The summed E-state index contributed by atoms with van der Waals surface area (Å²) in [5.74, 6) is 0.554. The van der Waals surface area contributed by atoms with E-state index in [0.717, 1.165) is 48.3 Å². The quantitative estimate of drug-likeness (QED) is 0.300. The minimum absolute atomic E-state index is 0.0472. The highest BCUT2D eigenvalue weighted by Gasteiger charge is 2.38. The summed E-state index contributed by atoms with van der Waals surface area (Å²) in [5, 5.41) is 14.7. The van der Waals surface area contributed by atoms with Crippen molar-refractivity contribution in [2.24, 2.45) is 5.92 Å². The van der Waals surface area contributed by atoms with Crippen LogP contribution in [0.25, 0.3) is 0 Å². The Morgan fingerprint density at radius 1 is 1.06 bits per heavy atom. The molecule has 0 saturated carbocycles. The molecule has 3 aromatic rings. The predicted molar refractivity (Wildman–Crippen MR) is 132 cm³/mol. The number of non-ortho nitro benzene ring substituents is 1. The highest BCUT2D eigenvalue weighted by atomic mass is 16.6. The molecule has 0 saturated heterocycles. The summed E-state index contributed by atoms with van der Waals surface area (Å²) in [6.45, 7) is 0.735. The van der Waals surface area contributed by atoms with Crippen LogP contribution in [-0.4, -0.2) is 17.4 Å². The Morgan fingerprint density at radius 2 is 1.88 bits per heavy atom. The van der Waals surface area contributed by atoms with Gasteiger partial charge in [-0.3, -0.25) is 14.9 Å². The van der Waals surface area contributed by atoms with Crippen LogP contribution in [0.4, 0.5) is 17.1 Å². The number of nitrogens with zero attached hydrogens (tertiary/aromatic N) is 2. The number of rotatable bonds is 3. The van der Waals surface area contributed by atoms with Crippen LogP contribution in [0.5, 0.6) is 0 Å². The summed E-state index contributed by atoms with van der Waals surface area (Å²) in [5.41, 5.74) is 6.27. The second-order valence-electron chi connectivity index (χ2n) is 9.32. The van der Waals surface area contributed by atoms with Crippen molar-refractivity contribution in [3.63, 3.8) is 0 Å². The lowest BCUT2D eigenvalue weighted by Crippen LogP contribution is -2.36. The van der Waals surface area contributed by atoms with Crippen molar-refractivity contribution in [2.75, 3.05) is 16.8 Å². The van der Waals surface area contributed by atoms with Gasteiger partial charge in [-0.2, -0.15) is 0 Å². The lowest BCUT2D eigenvalue weighted by Gasteiger charge is -2.38. The highest BCUT2D eigenvalue weighted by Crippen LogP contribution is 2.50. The number of amides is 1. The molecule has 3 atom stereocenters. The van der Waals surface area contributed by atoms with Crippen LogP contribution in [-0.2, 0) is 6.42 Å². The van der Waals surface area contributed by atoms with Gasteiger partial charge in [-0.25, -0.2) is 0 Å². The van der Waals surface area contributed by atoms with Gasteiger partial charge in [0.05, 0.1) is 11.0 Å². The molecule has 2 heterocycles. The van der Waals surface area contributed by atoms with Gasteiger partial charge in [-0.1, -0.05) is 42.5 Å². The Hall–Kier alpha value is -3.93. The van der Waals surface area contributed by atoms with E-state index in [1.807, 2.05) is 47.4 Å². The number of nitro benzene ring substituents is 1. The first-order valence-corrected chi connectivity index (χ1v) is 11.8. The van der Waals surface area contributed by atoms with Gasteiger partial charge < -0.3 is 10.2 Å². The molecule has 3 aromatic carbocycles. The molecule has 0 unspecified atom stereocenters. The van der Waals surface area contributed by atoms with Gasteiger partial charge in [0.1, 0.15) is 0 Å². The molecular weight excluding hydrogens is 426 g/mol. The number of nitrogens with one attached hydrogen (secondary N) is 1. The fourth-order valence-corrected chi connectivity index (χ4v) is 5.76. The minimum Gasteiger partial charge on any atom is -0.378 e. The van der Waals surface area contributed by atoms with E-state index in [4.69, 9.17) is 0 Å². The average Bonchev–Trinajstić information content (AvgIpc) is 3.38. The number of benzene rings is 3. The smallest absolute Gasteiger partial charge is 0.269 e. The largest absolute Gasteiger partial charge is 0.378 e. The summed E-state index contributed by atoms with van der Waals surface area (Å²) in [4.78, 5) is 26.1. The molecule has 3 aliphatic rings. The molecule has 6 heteroatoms. The normalized spacial score (nSPS) is 22.4. The van der Waals surface area contributed by atoms with E-state index < -0.39 is 0 Å². The standard InChI is InChI=1S/C28H25N3O3/c32-28(30-16-4-6-18-5-1-2-9-26(18)30)20-12-15-25-24(17-20)22-7-3-8-23(22)27(29-25)19-10-13-21(14-11-19)31(33)34/h1-3,5,7,9-15,17,22-23,27,29H,4,6,8,16H2/t22-,23+,27-/m0/s1. The number of anilines is 2. The average molecular weight is 452 g/mol. The van der Waals surface area contributed by atoms with E-state index in [-0.39, 0.29) is 28.5 Å². The molecule has 0 spiro atoms. The topological polar surface area (TPSA) is 75.5 Å². The van der Waals surface area contributed by atoms with Crippen molar-refractivity contribution in [1.82, 2.24) is 0 Å². The summed E-state index contributed by atoms with van der Waals surface area (Å²) in [7, 11) is 0. The molecule has 170 valence electrons. The summed E-state index contributed by atoms with van der Waals surface area (Å²) in [6.07, 6.45) is 7.36. The van der Waals surface area contributed by atoms with Crippen LogP contribution in [0.3, 0.4) is 0 Å². The fourth-order valence-electron chi connectivity index (χ4n) is 5.76. The molecule has 2 aliphatic heterocycles. The number of carbonyl (C=O) groups excluding carboxylic acids is 1. The highest BCUT2D eigenvalue weighted by molar-refractivity contribution is 6.07. The van der Waals surface area contributed by atoms with Gasteiger partial charge in [0.15, 0.2) is 0 Å². The van der Waals surface area contributed by atoms with Crippen LogP contribution >= 0.6 is 0 Å². The van der Waals surface area contributed by atoms with Gasteiger partial charge in [0.25, 0.3) is 11.6 Å². The van der Waals surface area contributed by atoms with Gasteiger partial charge in [-0.15, -0.1) is 0 Å². The summed E-state index contributed by atoms with van der Waals surface area (Å²) < 4.78 is 0. The summed E-state index contributed by atoms with van der Waals surface area (Å²) >= 11 is 0. The molecule has 1 N–H and O–H groups in total. The van der Waals surface area contributed by atoms with Crippen molar-refractivity contribution in [2.45, 2.75) is 31.2 Å². The second kappa shape index (κ2) is 8.13. The number of allylic oxidation sites excluding steroid dienone is 2. The van der Waals surface area contributed by atoms with Crippen LogP contribution in [0.2, 0.25) is 0 Å². The molecule has 1 aliphatic carbocycles. The van der Waals surface area contributed by atoms with Crippen molar-refractivity contribution in [1.29, 1.82) is 0 Å². The Morgan fingerprint density at radius 3 is 2.71 bits per heavy atom. The second-order valence-corrected chi connectivity index (χ2v) is 9.32. The van der Waals surface area contributed by atoms with Crippen molar-refractivity contribution >= 4 is 23.0 Å². The van der Waals surface area contributed by atoms with E-state index >= 15 is 0 Å². The van der Waals surface area contributed by atoms with Crippen LogP contribution in [0.15, 0.2) is 78.9 Å². The third-order valence-corrected chi connectivity index (χ3v) is 7.43. The van der Waals surface area contributed by atoms with Crippen molar-refractivity contribution < 1.29 is 9.72 Å². The number of hydrogen-bond donors (Lipinski definition) is 1. The maximum atomic E-state index is 13.5. The van der Waals surface area contributed by atoms with E-state index in [0.29, 0.717) is 11.5 Å². The van der Waals surface area contributed by atoms with Gasteiger partial charge in [0.2, 0.25) is 0 Å².